The Bertz CT molecular complexity index is 362. The molecular weight excluding hydrogens is 219 g/mol. The van der Waals surface area contributed by atoms with Gasteiger partial charge in [0.1, 0.15) is 5.82 Å². The number of nitrogens with two attached hydrogens (primary N) is 1. The smallest absolute Gasteiger partial charge is 0.220 e. The van der Waals surface area contributed by atoms with Crippen LogP contribution in [0.25, 0.3) is 0 Å². The van der Waals surface area contributed by atoms with Gasteiger partial charge in [0.25, 0.3) is 0 Å². The van der Waals surface area contributed by atoms with Gasteiger partial charge in [-0.15, -0.1) is 0 Å². The highest BCUT2D eigenvalue weighted by molar-refractivity contribution is 5.76. The molecule has 0 saturated heterocycles. The van der Waals surface area contributed by atoms with E-state index in [1.807, 2.05) is 13.8 Å². The minimum absolute atomic E-state index is 0.0286. The largest absolute Gasteiger partial charge is 0.350 e. The van der Waals surface area contributed by atoms with E-state index in [4.69, 9.17) is 5.73 Å². The maximum Gasteiger partial charge on any atom is 0.220 e. The highest BCUT2D eigenvalue weighted by Crippen LogP contribution is 2.13. The van der Waals surface area contributed by atoms with Crippen molar-refractivity contribution < 1.29 is 9.18 Å². The topological polar surface area (TPSA) is 55.1 Å². The van der Waals surface area contributed by atoms with E-state index in [-0.39, 0.29) is 23.8 Å². The average molecular weight is 238 g/mol. The Kier molecular flexibility index (Phi) is 5.10. The normalized spacial score (nSPS) is 14.1. The van der Waals surface area contributed by atoms with Gasteiger partial charge in [0.15, 0.2) is 0 Å². The molecular formula is C13H19FN2O. The summed E-state index contributed by atoms with van der Waals surface area (Å²) >= 11 is 0. The second-order valence-electron chi connectivity index (χ2n) is 4.36. The molecule has 0 saturated carbocycles. The van der Waals surface area contributed by atoms with Crippen LogP contribution in [0.3, 0.4) is 0 Å². The summed E-state index contributed by atoms with van der Waals surface area (Å²) in [7, 11) is 0. The first-order chi connectivity index (χ1) is 7.99. The van der Waals surface area contributed by atoms with Gasteiger partial charge < -0.3 is 11.1 Å². The summed E-state index contributed by atoms with van der Waals surface area (Å²) in [6, 6.07) is 6.04. The van der Waals surface area contributed by atoms with Crippen LogP contribution in [0.5, 0.6) is 0 Å². The lowest BCUT2D eigenvalue weighted by atomic mass is 10.1. The minimum Gasteiger partial charge on any atom is -0.350 e. The molecule has 3 N–H and O–H groups in total. The highest BCUT2D eigenvalue weighted by atomic mass is 19.1. The van der Waals surface area contributed by atoms with Crippen LogP contribution < -0.4 is 11.1 Å². The van der Waals surface area contributed by atoms with Crippen LogP contribution in [0.1, 0.15) is 38.3 Å². The number of nitrogens with one attached hydrogen (secondary N) is 1. The Morgan fingerprint density at radius 1 is 1.35 bits per heavy atom. The van der Waals surface area contributed by atoms with Crippen LogP contribution in [-0.2, 0) is 4.79 Å². The predicted molar refractivity (Wildman–Crippen MR) is 65.8 cm³/mol. The maximum atomic E-state index is 12.7. The van der Waals surface area contributed by atoms with Crippen molar-refractivity contribution in [2.45, 2.75) is 38.8 Å². The van der Waals surface area contributed by atoms with Crippen LogP contribution in [0.4, 0.5) is 4.39 Å². The van der Waals surface area contributed by atoms with E-state index in [0.717, 1.165) is 5.56 Å². The molecule has 94 valence electrons. The van der Waals surface area contributed by atoms with Crippen molar-refractivity contribution >= 4 is 5.91 Å². The third-order valence-electron chi connectivity index (χ3n) is 2.57. The van der Waals surface area contributed by atoms with Crippen LogP contribution in [0.2, 0.25) is 0 Å². The zero-order valence-corrected chi connectivity index (χ0v) is 10.2. The zero-order valence-electron chi connectivity index (χ0n) is 10.2. The highest BCUT2D eigenvalue weighted by Gasteiger charge is 2.09. The molecule has 3 nitrogen and oxygen atoms in total. The van der Waals surface area contributed by atoms with Crippen molar-refractivity contribution in [3.05, 3.63) is 35.6 Å². The molecule has 0 bridgehead atoms. The summed E-state index contributed by atoms with van der Waals surface area (Å²) in [6.07, 6.45) is 1.09. The first kappa shape index (κ1) is 13.6. The molecule has 0 fully saturated rings. The first-order valence-electron chi connectivity index (χ1n) is 5.79. The lowest BCUT2D eigenvalue weighted by Crippen LogP contribution is -2.28. The second kappa shape index (κ2) is 6.35. The number of carbonyl (C=O) groups excluding carboxylic acids is 1. The molecule has 1 rings (SSSR count). The molecule has 0 radical (unpaired) electrons. The van der Waals surface area contributed by atoms with E-state index in [2.05, 4.69) is 5.32 Å². The number of halogens is 1. The summed E-state index contributed by atoms with van der Waals surface area (Å²) in [5.41, 5.74) is 6.47. The van der Waals surface area contributed by atoms with Gasteiger partial charge in [0.05, 0.1) is 6.04 Å². The number of carbonyl (C=O) groups is 1. The van der Waals surface area contributed by atoms with Crippen molar-refractivity contribution in [1.82, 2.24) is 5.32 Å². The summed E-state index contributed by atoms with van der Waals surface area (Å²) in [5, 5.41) is 2.85. The first-order valence-corrected chi connectivity index (χ1v) is 5.79. The number of benzene rings is 1. The standard InChI is InChI=1S/C13H19FN2O/c1-9(15)3-8-13(17)16-10(2)11-4-6-12(14)7-5-11/h4-7,9-10H,3,8,15H2,1-2H3,(H,16,17)/t9?,10-/m0/s1. The molecule has 1 aromatic carbocycles. The Morgan fingerprint density at radius 2 is 1.94 bits per heavy atom. The van der Waals surface area contributed by atoms with Crippen LogP contribution in [0.15, 0.2) is 24.3 Å². The molecule has 2 atom stereocenters. The molecule has 0 aliphatic rings. The molecule has 17 heavy (non-hydrogen) atoms. The third kappa shape index (κ3) is 4.95. The van der Waals surface area contributed by atoms with E-state index in [1.54, 1.807) is 12.1 Å². The molecule has 0 spiro atoms. The Morgan fingerprint density at radius 3 is 2.47 bits per heavy atom. The van der Waals surface area contributed by atoms with E-state index in [0.29, 0.717) is 12.8 Å². The molecule has 0 aliphatic heterocycles. The molecule has 1 aromatic rings. The Hall–Kier alpha value is -1.42. The quantitative estimate of drug-likeness (QED) is 0.825. The van der Waals surface area contributed by atoms with Crippen LogP contribution >= 0.6 is 0 Å². The summed E-state index contributed by atoms with van der Waals surface area (Å²) < 4.78 is 12.7. The molecule has 1 unspecified atom stereocenters. The van der Waals surface area contributed by atoms with Gasteiger partial charge in [0, 0.05) is 12.5 Å². The molecule has 4 heteroatoms. The van der Waals surface area contributed by atoms with Crippen molar-refractivity contribution in [2.24, 2.45) is 5.73 Å². The van der Waals surface area contributed by atoms with Crippen molar-refractivity contribution in [3.8, 4) is 0 Å². The summed E-state index contributed by atoms with van der Waals surface area (Å²) in [4.78, 5) is 11.6. The predicted octanol–water partition coefficient (Wildman–Crippen LogP) is 2.13. The fraction of sp³-hybridized carbons (Fsp3) is 0.462. The van der Waals surface area contributed by atoms with Crippen LogP contribution in [-0.4, -0.2) is 11.9 Å². The van der Waals surface area contributed by atoms with Crippen molar-refractivity contribution in [2.75, 3.05) is 0 Å². The monoisotopic (exact) mass is 238 g/mol. The molecule has 0 heterocycles. The van der Waals surface area contributed by atoms with Gasteiger partial charge in [0.2, 0.25) is 5.91 Å². The third-order valence-corrected chi connectivity index (χ3v) is 2.57. The van der Waals surface area contributed by atoms with Crippen molar-refractivity contribution in [3.63, 3.8) is 0 Å². The lowest BCUT2D eigenvalue weighted by molar-refractivity contribution is -0.121. The van der Waals surface area contributed by atoms with Gasteiger partial charge in [-0.3, -0.25) is 4.79 Å². The summed E-state index contributed by atoms with van der Waals surface area (Å²) in [5.74, 6) is -0.302. The Balaban J connectivity index is 2.46. The van der Waals surface area contributed by atoms with Gasteiger partial charge >= 0.3 is 0 Å². The van der Waals surface area contributed by atoms with Gasteiger partial charge in [-0.05, 0) is 38.0 Å². The van der Waals surface area contributed by atoms with Gasteiger partial charge in [-0.2, -0.15) is 0 Å². The van der Waals surface area contributed by atoms with E-state index in [9.17, 15) is 9.18 Å². The minimum atomic E-state index is -0.274. The number of hydrogen-bond donors (Lipinski definition) is 2. The molecule has 0 aliphatic carbocycles. The maximum absolute atomic E-state index is 12.7. The fourth-order valence-electron chi connectivity index (χ4n) is 1.51. The van der Waals surface area contributed by atoms with Crippen LogP contribution in [0, 0.1) is 5.82 Å². The second-order valence-corrected chi connectivity index (χ2v) is 4.36. The fourth-order valence-corrected chi connectivity index (χ4v) is 1.51. The van der Waals surface area contributed by atoms with E-state index >= 15 is 0 Å². The number of rotatable bonds is 5. The van der Waals surface area contributed by atoms with Gasteiger partial charge in [-0.1, -0.05) is 12.1 Å². The summed E-state index contributed by atoms with van der Waals surface area (Å²) in [6.45, 7) is 3.74. The molecule has 0 aromatic heterocycles. The molecule has 1 amide bonds. The van der Waals surface area contributed by atoms with Gasteiger partial charge in [-0.25, -0.2) is 4.39 Å². The van der Waals surface area contributed by atoms with E-state index < -0.39 is 0 Å². The number of amides is 1. The zero-order chi connectivity index (χ0) is 12.8. The lowest BCUT2D eigenvalue weighted by Gasteiger charge is -2.14. The van der Waals surface area contributed by atoms with Crippen molar-refractivity contribution in [1.29, 1.82) is 0 Å². The average Bonchev–Trinajstić information content (AvgIpc) is 2.27. The number of hydrogen-bond acceptors (Lipinski definition) is 2. The SMILES string of the molecule is CC(N)CCC(=O)N[C@@H](C)c1ccc(F)cc1. The van der Waals surface area contributed by atoms with E-state index in [1.165, 1.54) is 12.1 Å². The Labute approximate surface area is 101 Å².